The van der Waals surface area contributed by atoms with Gasteiger partial charge in [0.15, 0.2) is 0 Å². The molecular weight excluding hydrogens is 380 g/mol. The minimum atomic E-state index is -0.0217. The van der Waals surface area contributed by atoms with Crippen molar-refractivity contribution in [3.05, 3.63) is 57.8 Å². The lowest BCUT2D eigenvalue weighted by Crippen LogP contribution is -2.50. The van der Waals surface area contributed by atoms with E-state index in [0.29, 0.717) is 12.6 Å². The molecule has 2 aromatic rings. The number of piperidine rings is 1. The number of rotatable bonds is 6. The summed E-state index contributed by atoms with van der Waals surface area (Å²) in [6.45, 7) is 8.05. The first-order valence-electron chi connectivity index (χ1n) is 10.8. The van der Waals surface area contributed by atoms with Crippen LogP contribution in [0.3, 0.4) is 0 Å². The molecule has 1 fully saturated rings. The van der Waals surface area contributed by atoms with E-state index in [2.05, 4.69) is 69.1 Å². The summed E-state index contributed by atoms with van der Waals surface area (Å²) in [5, 5.41) is 8.46. The van der Waals surface area contributed by atoms with E-state index in [-0.39, 0.29) is 12.1 Å². The molecule has 5 nitrogen and oxygen atoms in total. The van der Waals surface area contributed by atoms with Crippen LogP contribution in [-0.2, 0) is 19.5 Å². The van der Waals surface area contributed by atoms with Gasteiger partial charge in [-0.3, -0.25) is 9.80 Å². The second-order valence-corrected chi connectivity index (χ2v) is 9.33. The molecule has 2 aliphatic rings. The topological polar surface area (TPSA) is 47.6 Å². The molecule has 0 bridgehead atoms. The highest BCUT2D eigenvalue weighted by molar-refractivity contribution is 7.10. The fourth-order valence-electron chi connectivity index (χ4n) is 4.33. The Morgan fingerprint density at radius 1 is 1.17 bits per heavy atom. The van der Waals surface area contributed by atoms with E-state index in [4.69, 9.17) is 0 Å². The summed E-state index contributed by atoms with van der Waals surface area (Å²) < 4.78 is 0. The second-order valence-electron chi connectivity index (χ2n) is 8.33. The number of nitrogens with zero attached hydrogens (tertiary/aromatic N) is 2. The Balaban J connectivity index is 1.14. The standard InChI is InChI=1S/C23H32N4OS/c1-18(27-13-9-22-20(17-27)10-14-29-22)15-24-23(28)25-21-7-11-26(12-8-21)16-19-5-3-2-4-6-19/h2-6,10,14,18,21H,7-9,11-13,15-17H2,1H3,(H2,24,25,28)/t18-/m0/s1. The van der Waals surface area contributed by atoms with Gasteiger partial charge in [-0.1, -0.05) is 30.3 Å². The van der Waals surface area contributed by atoms with Crippen molar-refractivity contribution in [3.63, 3.8) is 0 Å². The SMILES string of the molecule is C[C@@H](CNC(=O)NC1CCN(Cc2ccccc2)CC1)N1CCc2sccc2C1. The van der Waals surface area contributed by atoms with Crippen molar-refractivity contribution in [1.29, 1.82) is 0 Å². The van der Waals surface area contributed by atoms with Crippen molar-refractivity contribution in [3.8, 4) is 0 Å². The maximum absolute atomic E-state index is 12.4. The Morgan fingerprint density at radius 3 is 2.76 bits per heavy atom. The third-order valence-corrected chi connectivity index (χ3v) is 7.21. The van der Waals surface area contributed by atoms with Crippen LogP contribution in [0.1, 0.15) is 35.8 Å². The first-order chi connectivity index (χ1) is 14.2. The van der Waals surface area contributed by atoms with Crippen LogP contribution in [0.5, 0.6) is 0 Å². The van der Waals surface area contributed by atoms with E-state index in [0.717, 1.165) is 52.0 Å². The molecule has 4 rings (SSSR count). The Labute approximate surface area is 178 Å². The zero-order chi connectivity index (χ0) is 20.1. The molecule has 2 amide bonds. The summed E-state index contributed by atoms with van der Waals surface area (Å²) in [7, 11) is 0. The zero-order valence-electron chi connectivity index (χ0n) is 17.3. The molecule has 0 spiro atoms. The third-order valence-electron chi connectivity index (χ3n) is 6.19. The molecule has 1 atom stereocenters. The first kappa shape index (κ1) is 20.4. The molecule has 2 aliphatic heterocycles. The number of urea groups is 1. The average Bonchev–Trinajstić information content (AvgIpc) is 3.22. The number of benzene rings is 1. The molecule has 0 radical (unpaired) electrons. The Kier molecular flexibility index (Phi) is 6.85. The molecule has 0 unspecified atom stereocenters. The summed E-state index contributed by atoms with van der Waals surface area (Å²) >= 11 is 1.87. The predicted molar refractivity (Wildman–Crippen MR) is 119 cm³/mol. The quantitative estimate of drug-likeness (QED) is 0.764. The van der Waals surface area contributed by atoms with E-state index < -0.39 is 0 Å². The lowest BCUT2D eigenvalue weighted by molar-refractivity contribution is 0.177. The predicted octanol–water partition coefficient (Wildman–Crippen LogP) is 3.46. The molecule has 0 aliphatic carbocycles. The summed E-state index contributed by atoms with van der Waals surface area (Å²) in [5.41, 5.74) is 2.82. The molecule has 1 saturated heterocycles. The summed E-state index contributed by atoms with van der Waals surface area (Å²) in [6.07, 6.45) is 3.16. The third kappa shape index (κ3) is 5.59. The molecule has 3 heterocycles. The van der Waals surface area contributed by atoms with Gasteiger partial charge in [0.05, 0.1) is 0 Å². The summed E-state index contributed by atoms with van der Waals surface area (Å²) in [4.78, 5) is 18.8. The van der Waals surface area contributed by atoms with E-state index in [1.165, 1.54) is 16.0 Å². The Morgan fingerprint density at radius 2 is 1.97 bits per heavy atom. The number of amides is 2. The van der Waals surface area contributed by atoms with Crippen LogP contribution < -0.4 is 10.6 Å². The van der Waals surface area contributed by atoms with Crippen molar-refractivity contribution >= 4 is 17.4 Å². The van der Waals surface area contributed by atoms with Gasteiger partial charge in [0, 0.05) is 56.2 Å². The van der Waals surface area contributed by atoms with Crippen LogP contribution in [0.15, 0.2) is 41.8 Å². The summed E-state index contributed by atoms with van der Waals surface area (Å²) in [5.74, 6) is 0. The lowest BCUT2D eigenvalue weighted by atomic mass is 10.0. The Hall–Kier alpha value is -1.89. The van der Waals surface area contributed by atoms with E-state index >= 15 is 0 Å². The summed E-state index contributed by atoms with van der Waals surface area (Å²) in [6, 6.07) is 13.5. The highest BCUT2D eigenvalue weighted by atomic mass is 32.1. The van der Waals surface area contributed by atoms with Gasteiger partial charge >= 0.3 is 6.03 Å². The molecule has 1 aromatic heterocycles. The number of fused-ring (bicyclic) bond motifs is 1. The second kappa shape index (κ2) is 9.74. The molecule has 6 heteroatoms. The molecule has 0 saturated carbocycles. The van der Waals surface area contributed by atoms with Crippen molar-refractivity contribution in [2.24, 2.45) is 0 Å². The minimum absolute atomic E-state index is 0.0217. The highest BCUT2D eigenvalue weighted by Crippen LogP contribution is 2.25. The van der Waals surface area contributed by atoms with Gasteiger partial charge in [0.25, 0.3) is 0 Å². The van der Waals surface area contributed by atoms with Crippen LogP contribution in [0.4, 0.5) is 4.79 Å². The maximum atomic E-state index is 12.4. The van der Waals surface area contributed by atoms with Crippen LogP contribution in [0.25, 0.3) is 0 Å². The van der Waals surface area contributed by atoms with Gasteiger partial charge in [0.1, 0.15) is 0 Å². The fraction of sp³-hybridized carbons (Fsp3) is 0.522. The van der Waals surface area contributed by atoms with Gasteiger partial charge in [-0.05, 0) is 48.8 Å². The van der Waals surface area contributed by atoms with Gasteiger partial charge in [-0.15, -0.1) is 11.3 Å². The number of nitrogens with one attached hydrogen (secondary N) is 2. The van der Waals surface area contributed by atoms with Crippen molar-refractivity contribution < 1.29 is 4.79 Å². The average molecular weight is 413 g/mol. The number of hydrogen-bond donors (Lipinski definition) is 2. The van der Waals surface area contributed by atoms with Crippen LogP contribution in [0, 0.1) is 0 Å². The van der Waals surface area contributed by atoms with E-state index in [1.807, 2.05) is 11.3 Å². The van der Waals surface area contributed by atoms with Crippen LogP contribution in [0.2, 0.25) is 0 Å². The number of thiophene rings is 1. The van der Waals surface area contributed by atoms with Crippen molar-refractivity contribution in [1.82, 2.24) is 20.4 Å². The lowest BCUT2D eigenvalue weighted by Gasteiger charge is -2.34. The molecule has 1 aromatic carbocycles. The molecular formula is C23H32N4OS. The fourth-order valence-corrected chi connectivity index (χ4v) is 5.22. The largest absolute Gasteiger partial charge is 0.337 e. The monoisotopic (exact) mass is 412 g/mol. The van der Waals surface area contributed by atoms with E-state index in [9.17, 15) is 4.79 Å². The van der Waals surface area contributed by atoms with Crippen molar-refractivity contribution in [2.45, 2.75) is 51.4 Å². The van der Waals surface area contributed by atoms with Crippen LogP contribution in [-0.4, -0.2) is 54.1 Å². The molecule has 29 heavy (non-hydrogen) atoms. The molecule has 2 N–H and O–H groups in total. The molecule has 156 valence electrons. The van der Waals surface area contributed by atoms with Gasteiger partial charge in [-0.2, -0.15) is 0 Å². The van der Waals surface area contributed by atoms with Crippen molar-refractivity contribution in [2.75, 3.05) is 26.2 Å². The smallest absolute Gasteiger partial charge is 0.315 e. The Bertz CT molecular complexity index is 785. The first-order valence-corrected chi connectivity index (χ1v) is 11.7. The van der Waals surface area contributed by atoms with Crippen LogP contribution >= 0.6 is 11.3 Å². The number of hydrogen-bond acceptors (Lipinski definition) is 4. The normalized spacial score (nSPS) is 19.5. The van der Waals surface area contributed by atoms with Gasteiger partial charge in [0.2, 0.25) is 0 Å². The van der Waals surface area contributed by atoms with Gasteiger partial charge in [-0.25, -0.2) is 4.79 Å². The highest BCUT2D eigenvalue weighted by Gasteiger charge is 2.23. The van der Waals surface area contributed by atoms with E-state index in [1.54, 1.807) is 0 Å². The number of likely N-dealkylation sites (tertiary alicyclic amines) is 1. The zero-order valence-corrected chi connectivity index (χ0v) is 18.1. The maximum Gasteiger partial charge on any atom is 0.315 e. The number of carbonyl (C=O) groups excluding carboxylic acids is 1. The number of carbonyl (C=O) groups is 1. The van der Waals surface area contributed by atoms with Gasteiger partial charge < -0.3 is 10.6 Å². The minimum Gasteiger partial charge on any atom is -0.337 e.